The molecule has 0 saturated carbocycles. The smallest absolute Gasteiger partial charge is 0.230 e. The van der Waals surface area contributed by atoms with Crippen molar-refractivity contribution in [3.8, 4) is 11.5 Å². The van der Waals surface area contributed by atoms with Crippen molar-refractivity contribution in [3.63, 3.8) is 0 Å². The molecule has 0 saturated heterocycles. The number of hydrogen-bond acceptors (Lipinski definition) is 7. The van der Waals surface area contributed by atoms with Gasteiger partial charge in [-0.15, -0.1) is 0 Å². The van der Waals surface area contributed by atoms with Crippen LogP contribution in [0.15, 0.2) is 41.3 Å². The van der Waals surface area contributed by atoms with Crippen LogP contribution >= 0.6 is 11.3 Å². The number of aromatic nitrogens is 1. The number of nitrogens with one attached hydrogen (secondary N) is 1. The Balaban J connectivity index is 1.48. The maximum Gasteiger partial charge on any atom is 0.230 e. The molecular weight excluding hydrogens is 400 g/mol. The Labute approximate surface area is 166 Å². The molecule has 0 atom stereocenters. The number of sulfone groups is 1. The minimum absolute atomic E-state index is 0.0445. The minimum Gasteiger partial charge on any atom is -0.486 e. The topological polar surface area (TPSA) is 94.6 Å². The number of carbonyl (C=O) groups excluding carboxylic acids is 1. The lowest BCUT2D eigenvalue weighted by atomic mass is 10.1. The summed E-state index contributed by atoms with van der Waals surface area (Å²) in [6, 6.07) is 10.1. The summed E-state index contributed by atoms with van der Waals surface area (Å²) in [4.78, 5) is 17.1. The number of amides is 1. The molecule has 7 nitrogen and oxygen atoms in total. The monoisotopic (exact) mass is 418 g/mol. The summed E-state index contributed by atoms with van der Waals surface area (Å²) < 4.78 is 35.8. The van der Waals surface area contributed by atoms with Crippen molar-refractivity contribution in [1.29, 1.82) is 0 Å². The summed E-state index contributed by atoms with van der Waals surface area (Å²) in [5, 5.41) is 3.28. The van der Waals surface area contributed by atoms with Crippen LogP contribution in [0.4, 0.5) is 5.13 Å². The Kier molecular flexibility index (Phi) is 4.94. The van der Waals surface area contributed by atoms with Gasteiger partial charge in [-0.05, 0) is 29.8 Å². The molecule has 0 spiro atoms. The van der Waals surface area contributed by atoms with E-state index in [4.69, 9.17) is 9.47 Å². The first-order chi connectivity index (χ1) is 13.5. The first-order valence-electron chi connectivity index (χ1n) is 8.77. The van der Waals surface area contributed by atoms with Gasteiger partial charge >= 0.3 is 0 Å². The molecule has 0 radical (unpaired) electrons. The number of ether oxygens (including phenoxy) is 2. The Hall–Kier alpha value is -2.65. The lowest BCUT2D eigenvalue weighted by Crippen LogP contribution is -2.15. The highest BCUT2D eigenvalue weighted by Gasteiger charge is 2.19. The zero-order valence-corrected chi connectivity index (χ0v) is 16.7. The molecule has 28 heavy (non-hydrogen) atoms. The highest BCUT2D eigenvalue weighted by Crippen LogP contribution is 2.40. The average Bonchev–Trinajstić information content (AvgIpc) is 3.11. The molecule has 1 aromatic heterocycles. The summed E-state index contributed by atoms with van der Waals surface area (Å²) >= 11 is 1.36. The van der Waals surface area contributed by atoms with Crippen LogP contribution in [-0.4, -0.2) is 38.3 Å². The van der Waals surface area contributed by atoms with E-state index in [2.05, 4.69) is 10.3 Å². The maximum atomic E-state index is 12.4. The number of nitrogens with zero attached hydrogens (tertiary/aromatic N) is 1. The third-order valence-corrected chi connectivity index (χ3v) is 7.03. The first kappa shape index (κ1) is 18.7. The fourth-order valence-electron chi connectivity index (χ4n) is 2.88. The van der Waals surface area contributed by atoms with Gasteiger partial charge in [0, 0.05) is 0 Å². The summed E-state index contributed by atoms with van der Waals surface area (Å²) in [6.45, 7) is 2.57. The number of thiazole rings is 1. The Morgan fingerprint density at radius 1 is 1.14 bits per heavy atom. The molecule has 3 aromatic rings. The number of carbonyl (C=O) groups is 1. The van der Waals surface area contributed by atoms with Gasteiger partial charge in [0.15, 0.2) is 26.5 Å². The first-order valence-corrected chi connectivity index (χ1v) is 11.2. The van der Waals surface area contributed by atoms with Crippen LogP contribution in [0.5, 0.6) is 11.5 Å². The van der Waals surface area contributed by atoms with Crippen LogP contribution in [0, 0.1) is 0 Å². The van der Waals surface area contributed by atoms with Crippen LogP contribution in [0.25, 0.3) is 10.2 Å². The molecule has 1 N–H and O–H groups in total. The lowest BCUT2D eigenvalue weighted by molar-refractivity contribution is -0.115. The van der Waals surface area contributed by atoms with Crippen molar-refractivity contribution in [3.05, 3.63) is 42.0 Å². The van der Waals surface area contributed by atoms with Gasteiger partial charge < -0.3 is 14.8 Å². The van der Waals surface area contributed by atoms with Gasteiger partial charge in [-0.2, -0.15) is 0 Å². The third-order valence-electron chi connectivity index (χ3n) is 4.34. The molecule has 1 amide bonds. The van der Waals surface area contributed by atoms with Crippen molar-refractivity contribution in [2.75, 3.05) is 24.3 Å². The van der Waals surface area contributed by atoms with Crippen molar-refractivity contribution < 1.29 is 22.7 Å². The van der Waals surface area contributed by atoms with E-state index >= 15 is 0 Å². The third kappa shape index (κ3) is 3.67. The van der Waals surface area contributed by atoms with Crippen molar-refractivity contribution in [1.82, 2.24) is 4.98 Å². The van der Waals surface area contributed by atoms with E-state index in [-0.39, 0.29) is 23.0 Å². The van der Waals surface area contributed by atoms with Gasteiger partial charge in [0.1, 0.15) is 18.7 Å². The highest BCUT2D eigenvalue weighted by molar-refractivity contribution is 7.91. The number of fused-ring (bicyclic) bond motifs is 3. The number of rotatable bonds is 5. The minimum atomic E-state index is -3.25. The molecule has 0 fully saturated rings. The van der Waals surface area contributed by atoms with E-state index in [0.717, 1.165) is 10.3 Å². The van der Waals surface area contributed by atoms with Gasteiger partial charge in [-0.3, -0.25) is 4.79 Å². The Morgan fingerprint density at radius 3 is 2.64 bits per heavy atom. The van der Waals surface area contributed by atoms with E-state index < -0.39 is 9.84 Å². The van der Waals surface area contributed by atoms with Crippen LogP contribution in [0.3, 0.4) is 0 Å². The second-order valence-electron chi connectivity index (χ2n) is 6.23. The molecule has 0 unspecified atom stereocenters. The Bertz CT molecular complexity index is 1140. The van der Waals surface area contributed by atoms with Crippen LogP contribution in [-0.2, 0) is 21.1 Å². The summed E-state index contributed by atoms with van der Waals surface area (Å²) in [7, 11) is -3.25. The highest BCUT2D eigenvalue weighted by atomic mass is 32.2. The molecule has 0 aliphatic carbocycles. The number of hydrogen-bond donors (Lipinski definition) is 1. The molecule has 9 heteroatoms. The van der Waals surface area contributed by atoms with Gasteiger partial charge in [0.2, 0.25) is 5.91 Å². The molecule has 0 bridgehead atoms. The summed E-state index contributed by atoms with van der Waals surface area (Å²) in [5.41, 5.74) is 1.40. The molecule has 1 aliphatic rings. The fourth-order valence-corrected chi connectivity index (χ4v) is 4.65. The summed E-state index contributed by atoms with van der Waals surface area (Å²) in [6.07, 6.45) is 0.125. The van der Waals surface area contributed by atoms with E-state index in [1.54, 1.807) is 19.1 Å². The molecule has 146 valence electrons. The van der Waals surface area contributed by atoms with Crippen LogP contribution in [0.1, 0.15) is 12.5 Å². The van der Waals surface area contributed by atoms with E-state index in [1.165, 1.54) is 23.5 Å². The van der Waals surface area contributed by atoms with Gasteiger partial charge in [-0.1, -0.05) is 30.4 Å². The van der Waals surface area contributed by atoms with Crippen molar-refractivity contribution >= 4 is 42.4 Å². The van der Waals surface area contributed by atoms with Gasteiger partial charge in [-0.25, -0.2) is 13.4 Å². The summed E-state index contributed by atoms with van der Waals surface area (Å²) in [5.74, 6) is 1.08. The predicted octanol–water partition coefficient (Wildman–Crippen LogP) is 3.04. The molecule has 4 rings (SSSR count). The second-order valence-corrected chi connectivity index (χ2v) is 9.54. The number of anilines is 1. The quantitative estimate of drug-likeness (QED) is 0.684. The zero-order chi connectivity index (χ0) is 19.7. The van der Waals surface area contributed by atoms with Crippen molar-refractivity contribution in [2.24, 2.45) is 0 Å². The van der Waals surface area contributed by atoms with Gasteiger partial charge in [0.25, 0.3) is 0 Å². The predicted molar refractivity (Wildman–Crippen MR) is 107 cm³/mol. The van der Waals surface area contributed by atoms with E-state index in [9.17, 15) is 13.2 Å². The standard InChI is InChI=1S/C19H18N2O5S2/c1-2-28(23,24)13-5-3-12(4-6-13)11-16(22)20-19-21-17-15(27-19)8-7-14-18(17)26-10-9-25-14/h3-8H,2,9-11H2,1H3,(H,20,21,22). The van der Waals surface area contributed by atoms with Gasteiger partial charge in [0.05, 0.1) is 21.8 Å². The molecule has 1 aliphatic heterocycles. The Morgan fingerprint density at radius 2 is 1.89 bits per heavy atom. The lowest BCUT2D eigenvalue weighted by Gasteiger charge is -2.17. The van der Waals surface area contributed by atoms with E-state index in [1.807, 2.05) is 12.1 Å². The molecule has 2 aromatic carbocycles. The normalized spacial score (nSPS) is 13.5. The van der Waals surface area contributed by atoms with Crippen LogP contribution < -0.4 is 14.8 Å². The molecular formula is C19H18N2O5S2. The molecule has 2 heterocycles. The SMILES string of the molecule is CCS(=O)(=O)c1ccc(CC(=O)Nc2nc3c4c(ccc3s2)OCCO4)cc1. The number of benzene rings is 2. The fraction of sp³-hybridized carbons (Fsp3) is 0.263. The van der Waals surface area contributed by atoms with Crippen molar-refractivity contribution in [2.45, 2.75) is 18.2 Å². The average molecular weight is 418 g/mol. The maximum absolute atomic E-state index is 12.4. The second kappa shape index (κ2) is 7.40. The zero-order valence-electron chi connectivity index (χ0n) is 15.1. The largest absolute Gasteiger partial charge is 0.486 e. The van der Waals surface area contributed by atoms with Crippen LogP contribution in [0.2, 0.25) is 0 Å². The van der Waals surface area contributed by atoms with E-state index in [0.29, 0.717) is 35.4 Å².